The van der Waals surface area contributed by atoms with Gasteiger partial charge in [-0.1, -0.05) is 23.7 Å². The Kier molecular flexibility index (Phi) is 7.67. The first-order chi connectivity index (χ1) is 15.4. The van der Waals surface area contributed by atoms with Crippen molar-refractivity contribution in [2.75, 3.05) is 26.1 Å². The van der Waals surface area contributed by atoms with E-state index in [1.54, 1.807) is 24.3 Å². The first-order valence-corrected chi connectivity index (χ1v) is 10.1. The van der Waals surface area contributed by atoms with E-state index in [-0.39, 0.29) is 12.0 Å². The quantitative estimate of drug-likeness (QED) is 0.472. The number of aromatic nitrogens is 2. The highest BCUT2D eigenvalue weighted by molar-refractivity contribution is 6.32. The van der Waals surface area contributed by atoms with Crippen LogP contribution in [0.25, 0.3) is 10.9 Å². The van der Waals surface area contributed by atoms with Gasteiger partial charge in [-0.2, -0.15) is 0 Å². The molecule has 1 heterocycles. The summed E-state index contributed by atoms with van der Waals surface area (Å²) in [6.07, 6.45) is 0.870. The number of methoxy groups -OCH3 is 2. The number of ether oxygens (including phenoxy) is 3. The van der Waals surface area contributed by atoms with E-state index < -0.39 is 18.5 Å². The van der Waals surface area contributed by atoms with Crippen LogP contribution in [-0.4, -0.2) is 42.7 Å². The van der Waals surface area contributed by atoms with Crippen LogP contribution in [0.15, 0.2) is 41.2 Å². The third-order valence-electron chi connectivity index (χ3n) is 4.57. The van der Waals surface area contributed by atoms with Crippen molar-refractivity contribution in [2.24, 2.45) is 0 Å². The van der Waals surface area contributed by atoms with Gasteiger partial charge in [0, 0.05) is 25.0 Å². The molecule has 3 aromatic rings. The highest BCUT2D eigenvalue weighted by Gasteiger charge is 2.14. The standard InChI is InChI=1S/C22H22ClN3O6/c1-30-17-11-16(18(31-2)10-14(17)23)25-20(27)12-32-21(28)9-5-8-19-24-15-7-4-3-6-13(15)22(29)26-19/h3-4,6-7,10-11H,5,8-9,12H2,1-2H3,(H,25,27)(H,24,26,29). The Labute approximate surface area is 188 Å². The van der Waals surface area contributed by atoms with E-state index in [0.29, 0.717) is 51.8 Å². The molecule has 0 radical (unpaired) electrons. The van der Waals surface area contributed by atoms with E-state index in [1.165, 1.54) is 26.4 Å². The molecule has 0 aliphatic carbocycles. The molecule has 1 aromatic heterocycles. The molecule has 0 atom stereocenters. The summed E-state index contributed by atoms with van der Waals surface area (Å²) in [5.74, 6) is 0.112. The molecule has 0 saturated heterocycles. The number of nitrogens with one attached hydrogen (secondary N) is 2. The Hall–Kier alpha value is -3.59. The van der Waals surface area contributed by atoms with Crippen LogP contribution < -0.4 is 20.3 Å². The van der Waals surface area contributed by atoms with Gasteiger partial charge in [0.1, 0.15) is 17.3 Å². The topological polar surface area (TPSA) is 120 Å². The lowest BCUT2D eigenvalue weighted by Crippen LogP contribution is -2.21. The summed E-state index contributed by atoms with van der Waals surface area (Å²) < 4.78 is 15.3. The number of fused-ring (bicyclic) bond motifs is 1. The zero-order chi connectivity index (χ0) is 23.1. The highest BCUT2D eigenvalue weighted by atomic mass is 35.5. The molecule has 0 unspecified atom stereocenters. The number of benzene rings is 2. The lowest BCUT2D eigenvalue weighted by Gasteiger charge is -2.13. The molecule has 9 nitrogen and oxygen atoms in total. The van der Waals surface area contributed by atoms with Crippen molar-refractivity contribution < 1.29 is 23.8 Å². The number of carbonyl (C=O) groups excluding carboxylic acids is 2. The fourth-order valence-corrected chi connectivity index (χ4v) is 3.25. The van der Waals surface area contributed by atoms with Crippen LogP contribution in [0.5, 0.6) is 11.5 Å². The van der Waals surface area contributed by atoms with E-state index in [2.05, 4.69) is 15.3 Å². The van der Waals surface area contributed by atoms with Crippen molar-refractivity contribution in [3.05, 3.63) is 57.6 Å². The lowest BCUT2D eigenvalue weighted by atomic mass is 10.2. The van der Waals surface area contributed by atoms with Gasteiger partial charge >= 0.3 is 5.97 Å². The van der Waals surface area contributed by atoms with Gasteiger partial charge in [-0.25, -0.2) is 4.98 Å². The molecule has 32 heavy (non-hydrogen) atoms. The van der Waals surface area contributed by atoms with E-state index in [1.807, 2.05) is 0 Å². The van der Waals surface area contributed by atoms with Crippen LogP contribution in [0.3, 0.4) is 0 Å². The molecule has 0 aliphatic heterocycles. The molecular weight excluding hydrogens is 438 g/mol. The minimum atomic E-state index is -0.540. The number of amides is 1. The monoisotopic (exact) mass is 459 g/mol. The number of rotatable bonds is 9. The van der Waals surface area contributed by atoms with Crippen molar-refractivity contribution in [1.29, 1.82) is 0 Å². The molecule has 0 bridgehead atoms. The van der Waals surface area contributed by atoms with Crippen LogP contribution >= 0.6 is 11.6 Å². The van der Waals surface area contributed by atoms with Crippen molar-refractivity contribution in [3.8, 4) is 11.5 Å². The third kappa shape index (κ3) is 5.76. The van der Waals surface area contributed by atoms with Gasteiger partial charge in [0.05, 0.1) is 35.8 Å². The highest BCUT2D eigenvalue weighted by Crippen LogP contribution is 2.35. The Bertz CT molecular complexity index is 1190. The fourth-order valence-electron chi connectivity index (χ4n) is 3.02. The van der Waals surface area contributed by atoms with E-state index >= 15 is 0 Å². The second-order valence-electron chi connectivity index (χ2n) is 6.78. The Morgan fingerprint density at radius 1 is 1.12 bits per heavy atom. The van der Waals surface area contributed by atoms with Crippen molar-refractivity contribution in [1.82, 2.24) is 9.97 Å². The molecule has 10 heteroatoms. The zero-order valence-electron chi connectivity index (χ0n) is 17.6. The van der Waals surface area contributed by atoms with Crippen LogP contribution in [0.4, 0.5) is 5.69 Å². The maximum Gasteiger partial charge on any atom is 0.306 e. The number of hydrogen-bond donors (Lipinski definition) is 2. The fraction of sp³-hybridized carbons (Fsp3) is 0.273. The number of hydrogen-bond acceptors (Lipinski definition) is 7. The lowest BCUT2D eigenvalue weighted by molar-refractivity contribution is -0.147. The van der Waals surface area contributed by atoms with Gasteiger partial charge in [0.25, 0.3) is 11.5 Å². The molecule has 1 amide bonds. The summed E-state index contributed by atoms with van der Waals surface area (Å²) in [5.41, 5.74) is 0.708. The number of nitrogens with zero attached hydrogens (tertiary/aromatic N) is 1. The summed E-state index contributed by atoms with van der Waals surface area (Å²) in [7, 11) is 2.88. The predicted octanol–water partition coefficient (Wildman–Crippen LogP) is 3.10. The van der Waals surface area contributed by atoms with Crippen LogP contribution in [0, 0.1) is 0 Å². The summed E-state index contributed by atoms with van der Waals surface area (Å²) in [4.78, 5) is 43.3. The molecular formula is C22H22ClN3O6. The maximum atomic E-state index is 12.2. The normalized spacial score (nSPS) is 10.6. The average molecular weight is 460 g/mol. The minimum Gasteiger partial charge on any atom is -0.495 e. The number of aromatic amines is 1. The molecule has 168 valence electrons. The molecule has 2 aromatic carbocycles. The number of H-pyrrole nitrogens is 1. The van der Waals surface area contributed by atoms with Crippen LogP contribution in [0.1, 0.15) is 18.7 Å². The summed E-state index contributed by atoms with van der Waals surface area (Å²) in [6.45, 7) is -0.460. The largest absolute Gasteiger partial charge is 0.495 e. The van der Waals surface area contributed by atoms with E-state index in [9.17, 15) is 14.4 Å². The maximum absolute atomic E-state index is 12.2. The van der Waals surface area contributed by atoms with E-state index in [0.717, 1.165) is 0 Å². The number of anilines is 1. The van der Waals surface area contributed by atoms with Crippen LogP contribution in [0.2, 0.25) is 5.02 Å². The number of para-hydroxylation sites is 1. The Balaban J connectivity index is 1.48. The Morgan fingerprint density at radius 2 is 1.88 bits per heavy atom. The average Bonchev–Trinajstić information content (AvgIpc) is 2.78. The first-order valence-electron chi connectivity index (χ1n) is 9.76. The molecule has 0 fully saturated rings. The van der Waals surface area contributed by atoms with Crippen molar-refractivity contribution in [3.63, 3.8) is 0 Å². The van der Waals surface area contributed by atoms with E-state index in [4.69, 9.17) is 25.8 Å². The molecule has 0 saturated carbocycles. The second kappa shape index (κ2) is 10.6. The number of carbonyl (C=O) groups is 2. The number of aryl methyl sites for hydroxylation is 1. The SMILES string of the molecule is COc1cc(NC(=O)COC(=O)CCCc2nc3ccccc3c(=O)[nH]2)c(OC)cc1Cl. The van der Waals surface area contributed by atoms with Crippen molar-refractivity contribution in [2.45, 2.75) is 19.3 Å². The predicted molar refractivity (Wildman–Crippen MR) is 119 cm³/mol. The second-order valence-corrected chi connectivity index (χ2v) is 7.19. The first kappa shape index (κ1) is 23.1. The minimum absolute atomic E-state index is 0.0713. The number of halogens is 1. The van der Waals surface area contributed by atoms with Gasteiger partial charge < -0.3 is 24.5 Å². The zero-order valence-corrected chi connectivity index (χ0v) is 18.3. The van der Waals surface area contributed by atoms with Gasteiger partial charge in [-0.15, -0.1) is 0 Å². The Morgan fingerprint density at radius 3 is 2.62 bits per heavy atom. The molecule has 2 N–H and O–H groups in total. The van der Waals surface area contributed by atoms with Gasteiger partial charge in [-0.3, -0.25) is 14.4 Å². The summed E-state index contributed by atoms with van der Waals surface area (Å²) in [6, 6.07) is 10.0. The van der Waals surface area contributed by atoms with Gasteiger partial charge in [-0.05, 0) is 18.6 Å². The smallest absolute Gasteiger partial charge is 0.306 e. The summed E-state index contributed by atoms with van der Waals surface area (Å²) in [5, 5.41) is 3.43. The third-order valence-corrected chi connectivity index (χ3v) is 4.86. The summed E-state index contributed by atoms with van der Waals surface area (Å²) >= 11 is 6.04. The van der Waals surface area contributed by atoms with Crippen molar-refractivity contribution >= 4 is 40.1 Å². The molecule has 0 spiro atoms. The molecule has 3 rings (SSSR count). The van der Waals surface area contributed by atoms with Crippen LogP contribution in [-0.2, 0) is 20.7 Å². The number of esters is 1. The van der Waals surface area contributed by atoms with Gasteiger partial charge in [0.15, 0.2) is 6.61 Å². The van der Waals surface area contributed by atoms with Gasteiger partial charge in [0.2, 0.25) is 0 Å². The molecule has 0 aliphatic rings.